The lowest BCUT2D eigenvalue weighted by Gasteiger charge is -2.36. The fourth-order valence-electron chi connectivity index (χ4n) is 4.05. The Hall–Kier alpha value is -2.63. The molecule has 8 nitrogen and oxygen atoms in total. The molecule has 0 fully saturated rings. The number of nitrogens with one attached hydrogen (secondary N) is 1. The standard InChI is InChI=1S/C31H44N6O2SSi/c1-10-12-25(36-40(38)30(2,3)4)27-20-32-19-26(35-27)22-15-16-23-18-33-37(28(23)17-22)29-14-11-13-24(34-29)21-39-41(8,9)31(5,6)7/h11,13-20,25,36H,10,12,21H2,1-9H3/t25-,40?/m0/s1. The molecule has 2 atom stereocenters. The van der Waals surface area contributed by atoms with Crippen LogP contribution in [0, 0.1) is 0 Å². The van der Waals surface area contributed by atoms with Crippen LogP contribution in [-0.4, -0.2) is 42.3 Å². The van der Waals surface area contributed by atoms with E-state index in [1.807, 2.05) is 62.0 Å². The Morgan fingerprint density at radius 2 is 1.78 bits per heavy atom. The van der Waals surface area contributed by atoms with Crippen molar-refractivity contribution in [2.75, 3.05) is 0 Å². The first-order chi connectivity index (χ1) is 19.2. The van der Waals surface area contributed by atoms with E-state index in [0.29, 0.717) is 6.61 Å². The number of pyridine rings is 1. The normalized spacial score (nSPS) is 14.4. The molecule has 1 N–H and O–H groups in total. The molecule has 0 aliphatic carbocycles. The molecule has 0 spiro atoms. The zero-order chi connectivity index (χ0) is 30.0. The van der Waals surface area contributed by atoms with Crippen LogP contribution >= 0.6 is 0 Å². The lowest BCUT2D eigenvalue weighted by Crippen LogP contribution is -2.41. The van der Waals surface area contributed by atoms with E-state index in [-0.39, 0.29) is 15.8 Å². The summed E-state index contributed by atoms with van der Waals surface area (Å²) in [5.74, 6) is 0.741. The Labute approximate surface area is 248 Å². The van der Waals surface area contributed by atoms with Crippen LogP contribution in [0.25, 0.3) is 28.0 Å². The van der Waals surface area contributed by atoms with Crippen molar-refractivity contribution < 1.29 is 8.98 Å². The summed E-state index contributed by atoms with van der Waals surface area (Å²) in [7, 11) is -1.89. The van der Waals surface area contributed by atoms with E-state index in [2.05, 4.69) is 61.7 Å². The first-order valence-corrected chi connectivity index (χ1v) is 18.3. The summed E-state index contributed by atoms with van der Waals surface area (Å²) in [6.07, 6.45) is 7.13. The predicted octanol–water partition coefficient (Wildman–Crippen LogP) is 7.29. The summed E-state index contributed by atoms with van der Waals surface area (Å²) < 4.78 is 24.0. The number of hydrogen-bond donors (Lipinski definition) is 1. The van der Waals surface area contributed by atoms with Crippen molar-refractivity contribution in [3.63, 3.8) is 0 Å². The monoisotopic (exact) mass is 592 g/mol. The van der Waals surface area contributed by atoms with Gasteiger partial charge >= 0.3 is 0 Å². The molecule has 3 aromatic heterocycles. The molecule has 1 aromatic carbocycles. The Morgan fingerprint density at radius 1 is 1.02 bits per heavy atom. The van der Waals surface area contributed by atoms with Gasteiger partial charge in [-0.1, -0.05) is 52.3 Å². The second kappa shape index (κ2) is 12.3. The maximum Gasteiger partial charge on any atom is 0.192 e. The second-order valence-electron chi connectivity index (χ2n) is 13.0. The predicted molar refractivity (Wildman–Crippen MR) is 171 cm³/mol. The van der Waals surface area contributed by atoms with Crippen molar-refractivity contribution in [1.82, 2.24) is 29.5 Å². The zero-order valence-electron chi connectivity index (χ0n) is 25.9. The minimum Gasteiger partial charge on any atom is -0.598 e. The average molecular weight is 593 g/mol. The number of aromatic nitrogens is 5. The highest BCUT2D eigenvalue weighted by atomic mass is 32.2. The lowest BCUT2D eigenvalue weighted by molar-refractivity contribution is 0.272. The molecule has 4 rings (SSSR count). The van der Waals surface area contributed by atoms with E-state index in [0.717, 1.165) is 52.2 Å². The molecule has 4 aromatic rings. The quantitative estimate of drug-likeness (QED) is 0.152. The highest BCUT2D eigenvalue weighted by molar-refractivity contribution is 7.90. The molecule has 0 aliphatic rings. The first kappa shape index (κ1) is 31.3. The maximum absolute atomic E-state index is 12.9. The topological polar surface area (TPSA) is 101 Å². The fourth-order valence-corrected chi connectivity index (χ4v) is 5.84. The van der Waals surface area contributed by atoms with Crippen molar-refractivity contribution in [2.45, 2.75) is 96.8 Å². The molecule has 3 heterocycles. The summed E-state index contributed by atoms with van der Waals surface area (Å²) in [4.78, 5) is 14.3. The van der Waals surface area contributed by atoms with Crippen LogP contribution in [0.2, 0.25) is 18.1 Å². The van der Waals surface area contributed by atoms with E-state index in [1.54, 1.807) is 12.4 Å². The van der Waals surface area contributed by atoms with E-state index in [4.69, 9.17) is 14.4 Å². The van der Waals surface area contributed by atoms with E-state index in [9.17, 15) is 4.55 Å². The smallest absolute Gasteiger partial charge is 0.192 e. The molecular weight excluding hydrogens is 549 g/mol. The van der Waals surface area contributed by atoms with Gasteiger partial charge in [-0.25, -0.2) is 14.6 Å². The van der Waals surface area contributed by atoms with Gasteiger partial charge in [0.2, 0.25) is 0 Å². The minimum atomic E-state index is -1.89. The van der Waals surface area contributed by atoms with Gasteiger partial charge in [-0.2, -0.15) is 5.10 Å². The largest absolute Gasteiger partial charge is 0.598 e. The number of nitrogens with zero attached hydrogens (tertiary/aromatic N) is 5. The Balaban J connectivity index is 1.63. The summed E-state index contributed by atoms with van der Waals surface area (Å²) >= 11 is -1.21. The molecule has 10 heteroatoms. The minimum absolute atomic E-state index is 0.135. The Kier molecular flexibility index (Phi) is 9.40. The average Bonchev–Trinajstić information content (AvgIpc) is 3.34. The fraction of sp³-hybridized carbons (Fsp3) is 0.484. The van der Waals surface area contributed by atoms with Crippen molar-refractivity contribution in [1.29, 1.82) is 0 Å². The van der Waals surface area contributed by atoms with Crippen LogP contribution in [0.15, 0.2) is 55.0 Å². The van der Waals surface area contributed by atoms with Gasteiger partial charge in [0.15, 0.2) is 14.1 Å². The molecule has 0 radical (unpaired) electrons. The first-order valence-electron chi connectivity index (χ1n) is 14.3. The molecule has 0 saturated carbocycles. The molecule has 220 valence electrons. The third-order valence-corrected chi connectivity index (χ3v) is 13.7. The summed E-state index contributed by atoms with van der Waals surface area (Å²) in [6, 6.07) is 12.0. The molecule has 0 bridgehead atoms. The van der Waals surface area contributed by atoms with Crippen LogP contribution in [-0.2, 0) is 22.4 Å². The van der Waals surface area contributed by atoms with E-state index >= 15 is 0 Å². The van der Waals surface area contributed by atoms with Crippen LogP contribution in [0.4, 0.5) is 0 Å². The van der Waals surface area contributed by atoms with Gasteiger partial charge in [-0.05, 0) is 63.5 Å². The highest BCUT2D eigenvalue weighted by Gasteiger charge is 2.37. The van der Waals surface area contributed by atoms with Gasteiger partial charge in [0.25, 0.3) is 0 Å². The number of rotatable bonds is 10. The van der Waals surface area contributed by atoms with Crippen molar-refractivity contribution in [3.8, 4) is 17.1 Å². The molecule has 0 aliphatic heterocycles. The van der Waals surface area contributed by atoms with Crippen molar-refractivity contribution >= 4 is 30.6 Å². The van der Waals surface area contributed by atoms with Crippen LogP contribution in [0.1, 0.15) is 78.7 Å². The van der Waals surface area contributed by atoms with Gasteiger partial charge < -0.3 is 8.98 Å². The Bertz CT molecular complexity index is 1480. The number of benzene rings is 1. The summed E-state index contributed by atoms with van der Waals surface area (Å²) in [5.41, 5.74) is 4.28. The van der Waals surface area contributed by atoms with Crippen LogP contribution in [0.5, 0.6) is 0 Å². The molecule has 0 amide bonds. The van der Waals surface area contributed by atoms with E-state index in [1.165, 1.54) is 0 Å². The molecule has 0 saturated heterocycles. The Morgan fingerprint density at radius 3 is 2.46 bits per heavy atom. The molecular formula is C31H44N6O2SSi. The van der Waals surface area contributed by atoms with Gasteiger partial charge in [-0.15, -0.1) is 4.72 Å². The summed E-state index contributed by atoms with van der Waals surface area (Å²) in [6.45, 7) is 19.7. The maximum atomic E-state index is 12.9. The third kappa shape index (κ3) is 7.42. The van der Waals surface area contributed by atoms with Gasteiger partial charge in [0, 0.05) is 22.3 Å². The number of hydrogen-bond acceptors (Lipinski definition) is 7. The van der Waals surface area contributed by atoms with E-state index < -0.39 is 19.7 Å². The molecule has 41 heavy (non-hydrogen) atoms. The van der Waals surface area contributed by atoms with Gasteiger partial charge in [0.05, 0.1) is 53.8 Å². The zero-order valence-corrected chi connectivity index (χ0v) is 27.7. The highest BCUT2D eigenvalue weighted by Crippen LogP contribution is 2.37. The lowest BCUT2D eigenvalue weighted by atomic mass is 10.1. The van der Waals surface area contributed by atoms with Gasteiger partial charge in [0.1, 0.15) is 4.75 Å². The third-order valence-electron chi connectivity index (χ3n) is 7.66. The molecule has 1 unspecified atom stereocenters. The van der Waals surface area contributed by atoms with Crippen molar-refractivity contribution in [2.24, 2.45) is 0 Å². The number of fused-ring (bicyclic) bond motifs is 1. The SMILES string of the molecule is CCC[C@H](N[S+]([O-])C(C)(C)C)c1cncc(-c2ccc3cnn(-c4cccc(CO[Si](C)(C)C(C)(C)C)n4)c3c2)n1. The summed E-state index contributed by atoms with van der Waals surface area (Å²) in [5, 5.41) is 5.80. The second-order valence-corrected chi connectivity index (χ2v) is 19.8. The van der Waals surface area contributed by atoms with Crippen LogP contribution in [0.3, 0.4) is 0 Å². The van der Waals surface area contributed by atoms with Gasteiger partial charge in [-0.3, -0.25) is 4.98 Å². The van der Waals surface area contributed by atoms with Crippen molar-refractivity contribution in [3.05, 3.63) is 66.4 Å². The van der Waals surface area contributed by atoms with Crippen LogP contribution < -0.4 is 4.72 Å².